The van der Waals surface area contributed by atoms with E-state index >= 15 is 0 Å². The Morgan fingerprint density at radius 2 is 2.28 bits per heavy atom. The summed E-state index contributed by atoms with van der Waals surface area (Å²) in [6, 6.07) is 7.85. The van der Waals surface area contributed by atoms with Gasteiger partial charge in [0.15, 0.2) is 5.82 Å². The molecule has 1 aromatic carbocycles. The van der Waals surface area contributed by atoms with E-state index in [0.29, 0.717) is 0 Å². The van der Waals surface area contributed by atoms with Gasteiger partial charge in [0.25, 0.3) is 0 Å². The molecule has 0 aliphatic rings. The second kappa shape index (κ2) is 6.39. The van der Waals surface area contributed by atoms with Gasteiger partial charge < -0.3 is 5.73 Å². The van der Waals surface area contributed by atoms with E-state index in [4.69, 9.17) is 5.73 Å². The van der Waals surface area contributed by atoms with Crippen LogP contribution in [0.2, 0.25) is 0 Å². The van der Waals surface area contributed by atoms with Crippen molar-refractivity contribution in [1.29, 1.82) is 0 Å². The lowest BCUT2D eigenvalue weighted by Gasteiger charge is -2.04. The highest BCUT2D eigenvalue weighted by Gasteiger charge is 2.06. The van der Waals surface area contributed by atoms with E-state index in [1.54, 1.807) is 11.8 Å². The zero-order valence-corrected chi connectivity index (χ0v) is 11.2. The number of rotatable bonds is 6. The molecule has 2 N–H and O–H groups in total. The predicted octanol–water partition coefficient (Wildman–Crippen LogP) is 2.35. The van der Waals surface area contributed by atoms with Crippen LogP contribution in [0, 0.1) is 0 Å². The minimum atomic E-state index is 0.764. The summed E-state index contributed by atoms with van der Waals surface area (Å²) in [4.78, 5) is 1.14. The topological polar surface area (TPSA) is 69.6 Å². The number of hydrogen-bond donors (Lipinski definition) is 1. The number of nitrogens with zero attached hydrogens (tertiary/aromatic N) is 4. The maximum absolute atomic E-state index is 5.74. The molecule has 0 saturated heterocycles. The zero-order chi connectivity index (χ0) is 12.8. The number of unbranched alkanes of at least 4 members (excludes halogenated alkanes) is 1. The van der Waals surface area contributed by atoms with Crippen LogP contribution in [0.25, 0.3) is 0 Å². The normalized spacial score (nSPS) is 10.7. The lowest BCUT2D eigenvalue weighted by molar-refractivity contribution is 0.540. The summed E-state index contributed by atoms with van der Waals surface area (Å²) in [7, 11) is 0. The highest BCUT2D eigenvalue weighted by molar-refractivity contribution is 7.98. The molecule has 2 rings (SSSR count). The highest BCUT2D eigenvalue weighted by Crippen LogP contribution is 2.23. The summed E-state index contributed by atoms with van der Waals surface area (Å²) in [5.74, 6) is 1.68. The molecule has 0 bridgehead atoms. The molecule has 0 fully saturated rings. The monoisotopic (exact) mass is 263 g/mol. The standard InChI is InChI=1S/C12H17N5S/c1-2-3-7-17-12(14-15-16-17)9-18-11-6-4-5-10(13)8-11/h4-6,8H,2-3,7,9,13H2,1H3. The van der Waals surface area contributed by atoms with Gasteiger partial charge in [-0.05, 0) is 35.0 Å². The molecule has 96 valence electrons. The first-order chi connectivity index (χ1) is 8.79. The lowest BCUT2D eigenvalue weighted by Crippen LogP contribution is -2.04. The number of anilines is 1. The molecule has 1 heterocycles. The molecule has 5 nitrogen and oxygen atoms in total. The molecule has 18 heavy (non-hydrogen) atoms. The third-order valence-electron chi connectivity index (χ3n) is 2.56. The number of tetrazole rings is 1. The first-order valence-electron chi connectivity index (χ1n) is 6.03. The van der Waals surface area contributed by atoms with Crippen molar-refractivity contribution in [2.75, 3.05) is 5.73 Å². The Morgan fingerprint density at radius 3 is 3.06 bits per heavy atom. The number of aromatic nitrogens is 4. The molecule has 6 heteroatoms. The first kappa shape index (κ1) is 12.9. The van der Waals surface area contributed by atoms with Gasteiger partial charge in [0.05, 0.1) is 5.75 Å². The average molecular weight is 263 g/mol. The maximum Gasteiger partial charge on any atom is 0.161 e. The lowest BCUT2D eigenvalue weighted by atomic mass is 10.3. The number of nitrogens with two attached hydrogens (primary N) is 1. The quantitative estimate of drug-likeness (QED) is 0.640. The van der Waals surface area contributed by atoms with E-state index in [2.05, 4.69) is 22.4 Å². The summed E-state index contributed by atoms with van der Waals surface area (Å²) in [5, 5.41) is 11.8. The molecule has 1 aromatic heterocycles. The van der Waals surface area contributed by atoms with Crippen LogP contribution in [0.15, 0.2) is 29.2 Å². The fraction of sp³-hybridized carbons (Fsp3) is 0.417. The Bertz CT molecular complexity index is 497. The van der Waals surface area contributed by atoms with Gasteiger partial charge in [-0.25, -0.2) is 4.68 Å². The van der Waals surface area contributed by atoms with E-state index in [0.717, 1.165) is 41.5 Å². The van der Waals surface area contributed by atoms with Gasteiger partial charge in [0, 0.05) is 17.1 Å². The van der Waals surface area contributed by atoms with Crippen molar-refractivity contribution in [3.63, 3.8) is 0 Å². The van der Waals surface area contributed by atoms with Crippen molar-refractivity contribution in [2.45, 2.75) is 37.0 Å². The molecule has 0 aliphatic heterocycles. The van der Waals surface area contributed by atoms with Gasteiger partial charge in [-0.3, -0.25) is 0 Å². The molecule has 0 spiro atoms. The van der Waals surface area contributed by atoms with Crippen LogP contribution in [0.3, 0.4) is 0 Å². The third-order valence-corrected chi connectivity index (χ3v) is 3.55. The molecule has 0 atom stereocenters. The van der Waals surface area contributed by atoms with E-state index in [-0.39, 0.29) is 0 Å². The van der Waals surface area contributed by atoms with Crippen LogP contribution in [-0.2, 0) is 12.3 Å². The second-order valence-electron chi connectivity index (χ2n) is 4.03. The van der Waals surface area contributed by atoms with Gasteiger partial charge in [-0.1, -0.05) is 19.4 Å². The van der Waals surface area contributed by atoms with Crippen molar-refractivity contribution < 1.29 is 0 Å². The molecule has 0 radical (unpaired) electrons. The van der Waals surface area contributed by atoms with Crippen LogP contribution >= 0.6 is 11.8 Å². The van der Waals surface area contributed by atoms with Crippen LogP contribution in [0.5, 0.6) is 0 Å². The van der Waals surface area contributed by atoms with Crippen molar-refractivity contribution in [3.8, 4) is 0 Å². The summed E-state index contributed by atoms with van der Waals surface area (Å²) < 4.78 is 1.88. The maximum atomic E-state index is 5.74. The number of nitrogen functional groups attached to an aromatic ring is 1. The fourth-order valence-corrected chi connectivity index (χ4v) is 2.46. The molecule has 0 unspecified atom stereocenters. The Morgan fingerprint density at radius 1 is 1.39 bits per heavy atom. The van der Waals surface area contributed by atoms with Crippen molar-refractivity contribution in [2.24, 2.45) is 0 Å². The minimum absolute atomic E-state index is 0.764. The molecular weight excluding hydrogens is 246 g/mol. The number of benzene rings is 1. The molecule has 0 amide bonds. The van der Waals surface area contributed by atoms with Crippen molar-refractivity contribution in [1.82, 2.24) is 20.2 Å². The Hall–Kier alpha value is -1.56. The fourth-order valence-electron chi connectivity index (χ4n) is 1.56. The Balaban J connectivity index is 1.95. The summed E-state index contributed by atoms with van der Waals surface area (Å²) in [6.45, 7) is 3.04. The molecule has 0 aliphatic carbocycles. The molecular formula is C12H17N5S. The zero-order valence-electron chi connectivity index (χ0n) is 10.4. The number of hydrogen-bond acceptors (Lipinski definition) is 5. The average Bonchev–Trinajstić information content (AvgIpc) is 2.81. The van der Waals surface area contributed by atoms with Crippen molar-refractivity contribution >= 4 is 17.4 Å². The number of thioether (sulfide) groups is 1. The SMILES string of the molecule is CCCCn1nnnc1CSc1cccc(N)c1. The van der Waals surface area contributed by atoms with Crippen molar-refractivity contribution in [3.05, 3.63) is 30.1 Å². The van der Waals surface area contributed by atoms with Crippen LogP contribution < -0.4 is 5.73 Å². The largest absolute Gasteiger partial charge is 0.399 e. The van der Waals surface area contributed by atoms with Crippen LogP contribution in [0.4, 0.5) is 5.69 Å². The minimum Gasteiger partial charge on any atom is -0.399 e. The Labute approximate surface area is 111 Å². The third kappa shape index (κ3) is 3.46. The predicted molar refractivity (Wildman–Crippen MR) is 73.1 cm³/mol. The highest BCUT2D eigenvalue weighted by atomic mass is 32.2. The van der Waals surface area contributed by atoms with Gasteiger partial charge in [-0.2, -0.15) is 0 Å². The van der Waals surface area contributed by atoms with Gasteiger partial charge in [0.1, 0.15) is 0 Å². The summed E-state index contributed by atoms with van der Waals surface area (Å²) in [6.07, 6.45) is 2.24. The van der Waals surface area contributed by atoms with E-state index in [9.17, 15) is 0 Å². The van der Waals surface area contributed by atoms with Crippen LogP contribution in [0.1, 0.15) is 25.6 Å². The smallest absolute Gasteiger partial charge is 0.161 e. The molecule has 0 saturated carbocycles. The summed E-state index contributed by atoms with van der Waals surface area (Å²) >= 11 is 1.70. The molecule has 2 aromatic rings. The second-order valence-corrected chi connectivity index (χ2v) is 5.08. The summed E-state index contributed by atoms with van der Waals surface area (Å²) in [5.41, 5.74) is 6.53. The Kier molecular flexibility index (Phi) is 4.58. The number of aryl methyl sites for hydroxylation is 1. The van der Waals surface area contributed by atoms with E-state index in [1.165, 1.54) is 0 Å². The van der Waals surface area contributed by atoms with Gasteiger partial charge in [-0.15, -0.1) is 16.9 Å². The van der Waals surface area contributed by atoms with Gasteiger partial charge >= 0.3 is 0 Å². The van der Waals surface area contributed by atoms with Crippen LogP contribution in [-0.4, -0.2) is 20.2 Å². The first-order valence-corrected chi connectivity index (χ1v) is 7.01. The van der Waals surface area contributed by atoms with Gasteiger partial charge in [0.2, 0.25) is 0 Å². The van der Waals surface area contributed by atoms with E-state index in [1.807, 2.05) is 28.9 Å². The van der Waals surface area contributed by atoms with E-state index < -0.39 is 0 Å².